The number of likely N-dealkylation sites (tertiary alicyclic amines) is 1. The first-order valence-corrected chi connectivity index (χ1v) is 11.6. The first kappa shape index (κ1) is 23.5. The summed E-state index contributed by atoms with van der Waals surface area (Å²) in [5.74, 6) is -0.0704. The van der Waals surface area contributed by atoms with Crippen molar-refractivity contribution in [3.63, 3.8) is 0 Å². The molecule has 3 rings (SSSR count). The summed E-state index contributed by atoms with van der Waals surface area (Å²) in [6.45, 7) is 8.16. The standard InChI is InChI=1S/C23H29Cl3N2O2/c1-4-30-22(29)16-9-11-28(12-10-16)18-6-8-21(26)23(3,14-18)27-15(2)19-7-5-17(24)13-20(19)25/h5-8,13,15-16,27H,4,9-12,14H2,1-3H3/t15-,23-/m1/s1. The SMILES string of the molecule is CCOC(=O)C1CCN(C2=CC=C(Cl)[C@](C)(N[C@H](C)c3ccc(Cl)cc3Cl)C2)CC1. The van der Waals surface area contributed by atoms with Gasteiger partial charge in [-0.15, -0.1) is 0 Å². The molecule has 1 N–H and O–H groups in total. The second-order valence-corrected chi connectivity index (χ2v) is 9.48. The molecule has 7 heteroatoms. The molecule has 2 aliphatic rings. The monoisotopic (exact) mass is 470 g/mol. The minimum Gasteiger partial charge on any atom is -0.466 e. The van der Waals surface area contributed by atoms with Crippen molar-refractivity contribution in [3.05, 3.63) is 56.7 Å². The van der Waals surface area contributed by atoms with E-state index in [1.807, 2.05) is 25.1 Å². The molecule has 0 radical (unpaired) electrons. The van der Waals surface area contributed by atoms with Gasteiger partial charge in [-0.25, -0.2) is 0 Å². The number of allylic oxidation sites excluding steroid dienone is 2. The summed E-state index contributed by atoms with van der Waals surface area (Å²) >= 11 is 19.1. The molecule has 164 valence electrons. The van der Waals surface area contributed by atoms with Gasteiger partial charge in [0, 0.05) is 46.3 Å². The molecule has 1 aliphatic heterocycles. The van der Waals surface area contributed by atoms with E-state index in [4.69, 9.17) is 39.5 Å². The molecule has 0 amide bonds. The maximum absolute atomic E-state index is 12.0. The minimum absolute atomic E-state index is 0.00102. The molecule has 0 bridgehead atoms. The number of hydrogen-bond acceptors (Lipinski definition) is 4. The van der Waals surface area contributed by atoms with E-state index in [9.17, 15) is 4.79 Å². The van der Waals surface area contributed by atoms with Crippen molar-refractivity contribution in [3.8, 4) is 0 Å². The van der Waals surface area contributed by atoms with Gasteiger partial charge < -0.3 is 9.64 Å². The fraction of sp³-hybridized carbons (Fsp3) is 0.522. The van der Waals surface area contributed by atoms with Crippen molar-refractivity contribution in [2.45, 2.75) is 51.6 Å². The van der Waals surface area contributed by atoms with E-state index in [0.29, 0.717) is 16.7 Å². The zero-order valence-electron chi connectivity index (χ0n) is 17.7. The number of nitrogens with zero attached hydrogens (tertiary/aromatic N) is 1. The van der Waals surface area contributed by atoms with Gasteiger partial charge in [-0.1, -0.05) is 40.9 Å². The molecule has 1 aromatic rings. The predicted molar refractivity (Wildman–Crippen MR) is 124 cm³/mol. The van der Waals surface area contributed by atoms with Crippen LogP contribution < -0.4 is 5.32 Å². The van der Waals surface area contributed by atoms with E-state index in [1.54, 1.807) is 6.07 Å². The number of rotatable bonds is 6. The Morgan fingerprint density at radius 2 is 1.97 bits per heavy atom. The molecule has 0 aromatic heterocycles. The van der Waals surface area contributed by atoms with E-state index < -0.39 is 5.54 Å². The maximum atomic E-state index is 12.0. The molecule has 2 atom stereocenters. The van der Waals surface area contributed by atoms with Crippen LogP contribution in [0.3, 0.4) is 0 Å². The maximum Gasteiger partial charge on any atom is 0.309 e. The first-order chi connectivity index (χ1) is 14.2. The number of carbonyl (C=O) groups excluding carboxylic acids is 1. The largest absolute Gasteiger partial charge is 0.466 e. The fourth-order valence-corrected chi connectivity index (χ4v) is 5.02. The van der Waals surface area contributed by atoms with Gasteiger partial charge >= 0.3 is 5.97 Å². The highest BCUT2D eigenvalue weighted by molar-refractivity contribution is 6.35. The lowest BCUT2D eigenvalue weighted by Gasteiger charge is -2.42. The molecule has 1 aromatic carbocycles. The van der Waals surface area contributed by atoms with Crippen LogP contribution in [0.2, 0.25) is 10.0 Å². The van der Waals surface area contributed by atoms with Gasteiger partial charge in [-0.2, -0.15) is 0 Å². The summed E-state index contributed by atoms with van der Waals surface area (Å²) in [6.07, 6.45) is 6.46. The molecule has 1 heterocycles. The molecule has 4 nitrogen and oxygen atoms in total. The van der Waals surface area contributed by atoms with Crippen LogP contribution in [0, 0.1) is 5.92 Å². The van der Waals surface area contributed by atoms with Crippen LogP contribution in [-0.4, -0.2) is 36.1 Å². The lowest BCUT2D eigenvalue weighted by Crippen LogP contribution is -2.48. The Morgan fingerprint density at radius 3 is 2.60 bits per heavy atom. The predicted octanol–water partition coefficient (Wildman–Crippen LogP) is 6.09. The summed E-state index contributed by atoms with van der Waals surface area (Å²) in [4.78, 5) is 14.4. The number of halogens is 3. The summed E-state index contributed by atoms with van der Waals surface area (Å²) in [6, 6.07) is 5.55. The second-order valence-electron chi connectivity index (χ2n) is 8.23. The highest BCUT2D eigenvalue weighted by Gasteiger charge is 2.36. The zero-order chi connectivity index (χ0) is 21.9. The van der Waals surface area contributed by atoms with Crippen LogP contribution in [0.1, 0.15) is 51.6 Å². The summed E-state index contributed by atoms with van der Waals surface area (Å²) in [5, 5.41) is 5.69. The van der Waals surface area contributed by atoms with Crippen LogP contribution in [0.15, 0.2) is 41.1 Å². The van der Waals surface area contributed by atoms with Gasteiger partial charge in [0.15, 0.2) is 0 Å². The van der Waals surface area contributed by atoms with Crippen LogP contribution >= 0.6 is 34.8 Å². The molecule has 30 heavy (non-hydrogen) atoms. The second kappa shape index (κ2) is 9.95. The topological polar surface area (TPSA) is 41.6 Å². The summed E-state index contributed by atoms with van der Waals surface area (Å²) in [5.41, 5.74) is 1.80. The number of benzene rings is 1. The average molecular weight is 472 g/mol. The normalized spacial score (nSPS) is 23.6. The molecule has 0 unspecified atom stereocenters. The van der Waals surface area contributed by atoms with E-state index in [0.717, 1.165) is 42.9 Å². The Balaban J connectivity index is 1.66. The Labute approximate surface area is 194 Å². The third kappa shape index (κ3) is 5.34. The molecular weight excluding hydrogens is 443 g/mol. The van der Waals surface area contributed by atoms with Crippen LogP contribution in [0.5, 0.6) is 0 Å². The molecule has 1 aliphatic carbocycles. The average Bonchev–Trinajstić information content (AvgIpc) is 2.70. The Morgan fingerprint density at radius 1 is 1.27 bits per heavy atom. The lowest BCUT2D eigenvalue weighted by atomic mass is 9.87. The van der Waals surface area contributed by atoms with Crippen molar-refractivity contribution in [2.24, 2.45) is 5.92 Å². The Bertz CT molecular complexity index is 847. The van der Waals surface area contributed by atoms with Crippen molar-refractivity contribution in [2.75, 3.05) is 19.7 Å². The van der Waals surface area contributed by atoms with Gasteiger partial charge in [-0.3, -0.25) is 10.1 Å². The smallest absolute Gasteiger partial charge is 0.309 e. The van der Waals surface area contributed by atoms with Gasteiger partial charge in [0.2, 0.25) is 0 Å². The number of piperidine rings is 1. The van der Waals surface area contributed by atoms with Gasteiger partial charge in [0.25, 0.3) is 0 Å². The third-order valence-corrected chi connectivity index (χ3v) is 7.07. The first-order valence-electron chi connectivity index (χ1n) is 10.4. The van der Waals surface area contributed by atoms with Gasteiger partial charge in [-0.05, 0) is 63.5 Å². The Kier molecular flexibility index (Phi) is 7.78. The van der Waals surface area contributed by atoms with Crippen molar-refractivity contribution in [1.29, 1.82) is 0 Å². The number of ether oxygens (including phenoxy) is 1. The highest BCUT2D eigenvalue weighted by atomic mass is 35.5. The van der Waals surface area contributed by atoms with Crippen LogP contribution in [0.25, 0.3) is 0 Å². The number of carbonyl (C=O) groups is 1. The number of nitrogens with one attached hydrogen (secondary N) is 1. The Hall–Kier alpha value is -1.20. The zero-order valence-corrected chi connectivity index (χ0v) is 19.9. The van der Waals surface area contributed by atoms with E-state index in [-0.39, 0.29) is 17.9 Å². The van der Waals surface area contributed by atoms with E-state index >= 15 is 0 Å². The molecule has 1 saturated heterocycles. The van der Waals surface area contributed by atoms with E-state index in [1.165, 1.54) is 5.70 Å². The summed E-state index contributed by atoms with van der Waals surface area (Å²) < 4.78 is 5.18. The van der Waals surface area contributed by atoms with Crippen molar-refractivity contribution >= 4 is 40.8 Å². The van der Waals surface area contributed by atoms with Crippen molar-refractivity contribution < 1.29 is 9.53 Å². The highest BCUT2D eigenvalue weighted by Crippen LogP contribution is 2.37. The van der Waals surface area contributed by atoms with Gasteiger partial charge in [0.1, 0.15) is 0 Å². The lowest BCUT2D eigenvalue weighted by molar-refractivity contribution is -0.149. The quantitative estimate of drug-likeness (QED) is 0.510. The molecular formula is C23H29Cl3N2O2. The molecule has 1 fully saturated rings. The number of esters is 1. The molecule has 0 saturated carbocycles. The van der Waals surface area contributed by atoms with Crippen molar-refractivity contribution in [1.82, 2.24) is 10.2 Å². The van der Waals surface area contributed by atoms with Crippen LogP contribution in [0.4, 0.5) is 0 Å². The fourth-order valence-electron chi connectivity index (χ4n) is 4.27. The summed E-state index contributed by atoms with van der Waals surface area (Å²) in [7, 11) is 0. The van der Waals surface area contributed by atoms with E-state index in [2.05, 4.69) is 30.1 Å². The van der Waals surface area contributed by atoms with Crippen LogP contribution in [-0.2, 0) is 9.53 Å². The number of hydrogen-bond donors (Lipinski definition) is 1. The van der Waals surface area contributed by atoms with Gasteiger partial charge in [0.05, 0.1) is 18.1 Å². The molecule has 0 spiro atoms. The minimum atomic E-state index is -0.411. The third-order valence-electron chi connectivity index (χ3n) is 5.97.